The SMILES string of the molecule is [Cl-].[Cl-].[V+4].c1cc[cH-]c1.c1cc[cH-]c1. The maximum atomic E-state index is 2.00. The van der Waals surface area contributed by atoms with E-state index in [9.17, 15) is 0 Å². The molecule has 2 aromatic rings. The molecule has 0 saturated heterocycles. The first-order valence-electron chi connectivity index (χ1n) is 3.33. The summed E-state index contributed by atoms with van der Waals surface area (Å²) in [5, 5.41) is 0. The van der Waals surface area contributed by atoms with Gasteiger partial charge in [0, 0.05) is 0 Å². The number of hydrogen-bond acceptors (Lipinski definition) is 0. The van der Waals surface area contributed by atoms with Gasteiger partial charge in [0.05, 0.1) is 0 Å². The van der Waals surface area contributed by atoms with Gasteiger partial charge in [-0.2, -0.15) is 36.4 Å². The van der Waals surface area contributed by atoms with Crippen LogP contribution in [0.1, 0.15) is 0 Å². The summed E-state index contributed by atoms with van der Waals surface area (Å²) in [6.45, 7) is 0. The quantitative estimate of drug-likeness (QED) is 0.434. The third-order valence-electron chi connectivity index (χ3n) is 1.11. The van der Waals surface area contributed by atoms with Gasteiger partial charge in [-0.25, -0.2) is 24.3 Å². The Bertz CT molecular complexity index is 152. The van der Waals surface area contributed by atoms with Crippen molar-refractivity contribution in [2.45, 2.75) is 0 Å². The van der Waals surface area contributed by atoms with E-state index in [1.807, 2.05) is 60.7 Å². The van der Waals surface area contributed by atoms with Crippen molar-refractivity contribution in [3.63, 3.8) is 0 Å². The van der Waals surface area contributed by atoms with Gasteiger partial charge in [-0.1, -0.05) is 0 Å². The minimum absolute atomic E-state index is 0. The Hall–Kier alpha value is -0.136. The largest absolute Gasteiger partial charge is 4.00 e. The van der Waals surface area contributed by atoms with E-state index in [0.29, 0.717) is 0 Å². The Morgan fingerprint density at radius 2 is 0.769 bits per heavy atom. The zero-order chi connectivity index (χ0) is 7.07. The van der Waals surface area contributed by atoms with Crippen LogP contribution in [-0.4, -0.2) is 0 Å². The molecule has 2 aromatic carbocycles. The molecule has 0 nitrogen and oxygen atoms in total. The van der Waals surface area contributed by atoms with Gasteiger partial charge < -0.3 is 24.8 Å². The summed E-state index contributed by atoms with van der Waals surface area (Å²) in [6, 6.07) is 20.0. The summed E-state index contributed by atoms with van der Waals surface area (Å²) in [7, 11) is 0. The van der Waals surface area contributed by atoms with E-state index in [1.54, 1.807) is 0 Å². The van der Waals surface area contributed by atoms with Crippen LogP contribution in [0.15, 0.2) is 60.7 Å². The fourth-order valence-electron chi connectivity index (χ4n) is 0.642. The minimum atomic E-state index is 0. The summed E-state index contributed by atoms with van der Waals surface area (Å²) < 4.78 is 0. The molecule has 0 atom stereocenters. The van der Waals surface area contributed by atoms with Crippen molar-refractivity contribution >= 4 is 0 Å². The van der Waals surface area contributed by atoms with Crippen molar-refractivity contribution in [1.82, 2.24) is 0 Å². The third kappa shape index (κ3) is 11.9. The molecule has 0 amide bonds. The molecule has 1 radical (unpaired) electrons. The second-order valence-corrected chi connectivity index (χ2v) is 1.92. The average molecular weight is 252 g/mol. The first-order chi connectivity index (χ1) is 5.00. The van der Waals surface area contributed by atoms with Gasteiger partial charge in [0.2, 0.25) is 0 Å². The van der Waals surface area contributed by atoms with Gasteiger partial charge in [0.25, 0.3) is 0 Å². The molecule has 0 spiro atoms. The molecular weight excluding hydrogens is 242 g/mol. The van der Waals surface area contributed by atoms with Gasteiger partial charge in [0.1, 0.15) is 0 Å². The molecule has 0 unspecified atom stereocenters. The van der Waals surface area contributed by atoms with E-state index in [4.69, 9.17) is 0 Å². The van der Waals surface area contributed by atoms with Crippen LogP contribution < -0.4 is 24.8 Å². The zero-order valence-corrected chi connectivity index (χ0v) is 9.89. The number of halogens is 2. The summed E-state index contributed by atoms with van der Waals surface area (Å²) in [4.78, 5) is 0. The zero-order valence-electron chi connectivity index (χ0n) is 6.98. The predicted molar refractivity (Wildman–Crippen MR) is 44.1 cm³/mol. The number of hydrogen-bond donors (Lipinski definition) is 0. The molecule has 0 aliphatic heterocycles. The smallest absolute Gasteiger partial charge is 1.00 e. The Labute approximate surface area is 104 Å². The van der Waals surface area contributed by atoms with E-state index in [1.165, 1.54) is 0 Å². The molecule has 69 valence electrons. The van der Waals surface area contributed by atoms with Crippen molar-refractivity contribution in [2.75, 3.05) is 0 Å². The third-order valence-corrected chi connectivity index (χ3v) is 1.11. The first kappa shape index (κ1) is 18.6. The van der Waals surface area contributed by atoms with Crippen molar-refractivity contribution in [2.24, 2.45) is 0 Å². The molecule has 13 heavy (non-hydrogen) atoms. The standard InChI is InChI=1S/2C5H5.2ClH.V/c2*1-2-4-5-3-1;;;/h2*1-5H;2*1H;/q2*-1;;;+4/p-2. The van der Waals surface area contributed by atoms with Crippen LogP contribution in [-0.2, 0) is 18.6 Å². The van der Waals surface area contributed by atoms with Crippen LogP contribution in [0.2, 0.25) is 0 Å². The van der Waals surface area contributed by atoms with Crippen molar-refractivity contribution in [3.8, 4) is 0 Å². The number of rotatable bonds is 0. The molecule has 0 bridgehead atoms. The van der Waals surface area contributed by atoms with E-state index < -0.39 is 0 Å². The molecular formula is C10H10Cl2V. The van der Waals surface area contributed by atoms with Crippen molar-refractivity contribution in [1.29, 1.82) is 0 Å². The Balaban J connectivity index is -0.000000125. The first-order valence-corrected chi connectivity index (χ1v) is 3.33. The fourth-order valence-corrected chi connectivity index (χ4v) is 0.642. The molecule has 0 fully saturated rings. The minimum Gasteiger partial charge on any atom is -1.00 e. The second kappa shape index (κ2) is 14.4. The van der Waals surface area contributed by atoms with Crippen LogP contribution in [0, 0.1) is 0 Å². The van der Waals surface area contributed by atoms with Crippen LogP contribution in [0.4, 0.5) is 0 Å². The maximum absolute atomic E-state index is 2.00. The van der Waals surface area contributed by atoms with Crippen LogP contribution in [0.3, 0.4) is 0 Å². The molecule has 0 saturated carbocycles. The van der Waals surface area contributed by atoms with Gasteiger partial charge >= 0.3 is 18.6 Å². The van der Waals surface area contributed by atoms with Gasteiger partial charge in [-0.15, -0.1) is 0 Å². The molecule has 0 heterocycles. The summed E-state index contributed by atoms with van der Waals surface area (Å²) in [5.41, 5.74) is 0. The molecule has 0 N–H and O–H groups in total. The summed E-state index contributed by atoms with van der Waals surface area (Å²) >= 11 is 0. The Kier molecular flexibility index (Phi) is 20.6. The summed E-state index contributed by atoms with van der Waals surface area (Å²) in [6.07, 6.45) is 0. The van der Waals surface area contributed by atoms with Crippen LogP contribution in [0.5, 0.6) is 0 Å². The van der Waals surface area contributed by atoms with E-state index in [-0.39, 0.29) is 43.4 Å². The van der Waals surface area contributed by atoms with Crippen LogP contribution >= 0.6 is 0 Å². The fraction of sp³-hybridized carbons (Fsp3) is 0. The molecule has 3 heteroatoms. The Morgan fingerprint density at radius 1 is 0.538 bits per heavy atom. The van der Waals surface area contributed by atoms with Gasteiger partial charge in [-0.05, 0) is 0 Å². The van der Waals surface area contributed by atoms with E-state index in [0.717, 1.165) is 0 Å². The predicted octanol–water partition coefficient (Wildman–Crippen LogP) is -3.18. The Morgan fingerprint density at radius 3 is 0.846 bits per heavy atom. The van der Waals surface area contributed by atoms with Crippen molar-refractivity contribution < 1.29 is 43.4 Å². The molecule has 0 aliphatic carbocycles. The van der Waals surface area contributed by atoms with E-state index in [2.05, 4.69) is 0 Å². The maximum Gasteiger partial charge on any atom is 4.00 e. The normalized spacial score (nSPS) is 6.15. The van der Waals surface area contributed by atoms with Crippen molar-refractivity contribution in [3.05, 3.63) is 60.7 Å². The molecule has 0 aromatic heterocycles. The average Bonchev–Trinajstić information content (AvgIpc) is 2.67. The topological polar surface area (TPSA) is 0 Å². The van der Waals surface area contributed by atoms with E-state index >= 15 is 0 Å². The van der Waals surface area contributed by atoms with Gasteiger partial charge in [0.15, 0.2) is 0 Å². The van der Waals surface area contributed by atoms with Gasteiger partial charge in [-0.3, -0.25) is 0 Å². The molecule has 2 rings (SSSR count). The van der Waals surface area contributed by atoms with Crippen LogP contribution in [0.25, 0.3) is 0 Å². The second-order valence-electron chi connectivity index (χ2n) is 1.92. The summed E-state index contributed by atoms with van der Waals surface area (Å²) in [5.74, 6) is 0. The monoisotopic (exact) mass is 251 g/mol. The molecule has 0 aliphatic rings.